The molecule has 1 unspecified atom stereocenters. The smallest absolute Gasteiger partial charge is 0 e. The SMILES string of the molecule is C[C-](C)C(C)CCC(C)C.[Zn]. The van der Waals surface area contributed by atoms with E-state index in [-0.39, 0.29) is 19.5 Å². The van der Waals surface area contributed by atoms with E-state index in [0.29, 0.717) is 0 Å². The predicted octanol–water partition coefficient (Wildman–Crippen LogP) is 3.67. The van der Waals surface area contributed by atoms with Crippen molar-refractivity contribution in [1.29, 1.82) is 0 Å². The quantitative estimate of drug-likeness (QED) is 0.486. The monoisotopic (exact) mass is 205 g/mol. The molecule has 11 heavy (non-hydrogen) atoms. The van der Waals surface area contributed by atoms with Crippen molar-refractivity contribution in [2.75, 3.05) is 0 Å². The third-order valence-corrected chi connectivity index (χ3v) is 2.16. The van der Waals surface area contributed by atoms with Crippen LogP contribution >= 0.6 is 0 Å². The number of hydrogen-bond donors (Lipinski definition) is 0. The Hall–Kier alpha value is 0.623. The second-order valence-electron chi connectivity index (χ2n) is 3.95. The number of hydrogen-bond acceptors (Lipinski definition) is 0. The van der Waals surface area contributed by atoms with Crippen LogP contribution in [0.15, 0.2) is 0 Å². The molecule has 0 radical (unpaired) electrons. The zero-order chi connectivity index (χ0) is 8.15. The van der Waals surface area contributed by atoms with E-state index >= 15 is 0 Å². The Morgan fingerprint density at radius 2 is 1.45 bits per heavy atom. The van der Waals surface area contributed by atoms with Crippen molar-refractivity contribution in [2.24, 2.45) is 11.8 Å². The van der Waals surface area contributed by atoms with Gasteiger partial charge >= 0.3 is 0 Å². The minimum absolute atomic E-state index is 0. The van der Waals surface area contributed by atoms with Gasteiger partial charge in [-0.2, -0.15) is 19.8 Å². The van der Waals surface area contributed by atoms with Crippen molar-refractivity contribution in [2.45, 2.75) is 47.5 Å². The molecule has 0 spiro atoms. The van der Waals surface area contributed by atoms with Crippen LogP contribution < -0.4 is 0 Å². The molecule has 0 N–H and O–H groups in total. The fourth-order valence-corrected chi connectivity index (χ4v) is 0.872. The van der Waals surface area contributed by atoms with E-state index in [1.165, 1.54) is 12.8 Å². The first-order valence-electron chi connectivity index (χ1n) is 4.34. The minimum Gasteiger partial charge on any atom is -0.317 e. The van der Waals surface area contributed by atoms with E-state index in [1.54, 1.807) is 5.92 Å². The van der Waals surface area contributed by atoms with E-state index in [0.717, 1.165) is 11.8 Å². The molecule has 1 atom stereocenters. The summed E-state index contributed by atoms with van der Waals surface area (Å²) < 4.78 is 0. The van der Waals surface area contributed by atoms with Gasteiger partial charge in [-0.15, -0.1) is 0 Å². The summed E-state index contributed by atoms with van der Waals surface area (Å²) in [4.78, 5) is 0. The van der Waals surface area contributed by atoms with Gasteiger partial charge in [0, 0.05) is 19.5 Å². The molecule has 0 fully saturated rings. The predicted molar refractivity (Wildman–Crippen MR) is 47.8 cm³/mol. The summed E-state index contributed by atoms with van der Waals surface area (Å²) in [5, 5.41) is 0. The fraction of sp³-hybridized carbons (Fsp3) is 0.900. The van der Waals surface area contributed by atoms with Gasteiger partial charge in [0.25, 0.3) is 0 Å². The van der Waals surface area contributed by atoms with Crippen LogP contribution in [-0.2, 0) is 19.5 Å². The standard InChI is InChI=1S/C10H21.Zn/c1-8(2)6-7-10(5)9(3)4;/h8,10H,6-7H2,1-5H3;/q-1;. The van der Waals surface area contributed by atoms with Gasteiger partial charge in [-0.05, 0) is 5.92 Å². The Labute approximate surface area is 84.9 Å². The van der Waals surface area contributed by atoms with Crippen molar-refractivity contribution in [3.05, 3.63) is 5.92 Å². The molecule has 1 heteroatoms. The third-order valence-electron chi connectivity index (χ3n) is 2.16. The number of rotatable bonds is 4. The molecule has 0 aliphatic rings. The van der Waals surface area contributed by atoms with Crippen LogP contribution in [0.3, 0.4) is 0 Å². The van der Waals surface area contributed by atoms with Gasteiger partial charge in [-0.1, -0.05) is 33.6 Å². The van der Waals surface area contributed by atoms with Crippen molar-refractivity contribution < 1.29 is 19.5 Å². The van der Waals surface area contributed by atoms with Gasteiger partial charge in [0.05, 0.1) is 0 Å². The Kier molecular flexibility index (Phi) is 9.38. The molecule has 64 valence electrons. The van der Waals surface area contributed by atoms with Gasteiger partial charge < -0.3 is 5.92 Å². The topological polar surface area (TPSA) is 0 Å². The first-order valence-corrected chi connectivity index (χ1v) is 4.34. The maximum Gasteiger partial charge on any atom is 0 e. The van der Waals surface area contributed by atoms with Crippen molar-refractivity contribution >= 4 is 0 Å². The van der Waals surface area contributed by atoms with Gasteiger partial charge in [-0.3, -0.25) is 0 Å². The second-order valence-corrected chi connectivity index (χ2v) is 3.95. The second kappa shape index (κ2) is 7.28. The molecule has 0 heterocycles. The minimum atomic E-state index is 0. The van der Waals surface area contributed by atoms with Crippen LogP contribution in [0, 0.1) is 17.8 Å². The zero-order valence-electron chi connectivity index (χ0n) is 8.78. The van der Waals surface area contributed by atoms with E-state index in [4.69, 9.17) is 0 Å². The van der Waals surface area contributed by atoms with E-state index in [2.05, 4.69) is 34.6 Å². The Bertz CT molecular complexity index is 76.9. The summed E-state index contributed by atoms with van der Waals surface area (Å²) in [6, 6.07) is 0. The molecule has 0 nitrogen and oxygen atoms in total. The Morgan fingerprint density at radius 1 is 1.00 bits per heavy atom. The summed E-state index contributed by atoms with van der Waals surface area (Å²) in [6.07, 6.45) is 2.73. The summed E-state index contributed by atoms with van der Waals surface area (Å²) in [5.74, 6) is 3.25. The molecular weight excluding hydrogens is 185 g/mol. The third kappa shape index (κ3) is 8.53. The molecule has 0 amide bonds. The summed E-state index contributed by atoms with van der Waals surface area (Å²) >= 11 is 0. The maximum absolute atomic E-state index is 2.32. The van der Waals surface area contributed by atoms with E-state index in [1.807, 2.05) is 0 Å². The fourth-order valence-electron chi connectivity index (χ4n) is 0.872. The average Bonchev–Trinajstić information content (AvgIpc) is 1.82. The normalized spacial score (nSPS) is 13.4. The first kappa shape index (κ1) is 14.2. The maximum atomic E-state index is 2.32. The molecule has 0 aromatic carbocycles. The van der Waals surface area contributed by atoms with Crippen molar-refractivity contribution in [3.8, 4) is 0 Å². The van der Waals surface area contributed by atoms with Gasteiger partial charge in [0.2, 0.25) is 0 Å². The molecule has 0 aliphatic carbocycles. The summed E-state index contributed by atoms with van der Waals surface area (Å²) in [5.41, 5.74) is 0. The molecule has 0 aliphatic heterocycles. The molecule has 0 aromatic heterocycles. The Morgan fingerprint density at radius 3 is 1.73 bits per heavy atom. The van der Waals surface area contributed by atoms with Crippen LogP contribution in [0.5, 0.6) is 0 Å². The van der Waals surface area contributed by atoms with Crippen molar-refractivity contribution in [3.63, 3.8) is 0 Å². The van der Waals surface area contributed by atoms with Gasteiger partial charge in [0.15, 0.2) is 0 Å². The molecule has 0 saturated carbocycles. The molecule has 0 saturated heterocycles. The van der Waals surface area contributed by atoms with E-state index in [9.17, 15) is 0 Å². The summed E-state index contributed by atoms with van der Waals surface area (Å²) in [6.45, 7) is 11.4. The van der Waals surface area contributed by atoms with Crippen LogP contribution in [-0.4, -0.2) is 0 Å². The molecule has 0 rings (SSSR count). The molecule has 0 bridgehead atoms. The van der Waals surface area contributed by atoms with Gasteiger partial charge in [-0.25, -0.2) is 0 Å². The van der Waals surface area contributed by atoms with Crippen LogP contribution in [0.4, 0.5) is 0 Å². The molecule has 0 aromatic rings. The van der Waals surface area contributed by atoms with E-state index < -0.39 is 0 Å². The van der Waals surface area contributed by atoms with Gasteiger partial charge in [0.1, 0.15) is 0 Å². The zero-order valence-corrected chi connectivity index (χ0v) is 11.7. The molecular formula is C10H21Zn-. The van der Waals surface area contributed by atoms with Crippen LogP contribution in [0.25, 0.3) is 0 Å². The largest absolute Gasteiger partial charge is 0.317 e. The average molecular weight is 207 g/mol. The summed E-state index contributed by atoms with van der Waals surface area (Å²) in [7, 11) is 0. The van der Waals surface area contributed by atoms with Crippen LogP contribution in [0.1, 0.15) is 47.5 Å². The Balaban J connectivity index is 0. The van der Waals surface area contributed by atoms with Crippen LogP contribution in [0.2, 0.25) is 0 Å². The van der Waals surface area contributed by atoms with Crippen molar-refractivity contribution in [1.82, 2.24) is 0 Å². The first-order chi connectivity index (χ1) is 4.54.